The fraction of sp³-hybridized carbons (Fsp3) is 0.500. The van der Waals surface area contributed by atoms with Crippen LogP contribution in [0.4, 0.5) is 10.1 Å². The highest BCUT2D eigenvalue weighted by molar-refractivity contribution is 8.23. The number of likely N-dealkylation sites (tertiary alicyclic amines) is 1. The van der Waals surface area contributed by atoms with Crippen LogP contribution in [-0.4, -0.2) is 58.4 Å². The molecule has 0 bridgehead atoms. The van der Waals surface area contributed by atoms with Crippen LogP contribution in [0.1, 0.15) is 19.8 Å². The van der Waals surface area contributed by atoms with Gasteiger partial charge in [0.05, 0.1) is 12.3 Å². The molecule has 0 radical (unpaired) electrons. The molecule has 1 N–H and O–H groups in total. The number of carbonyl (C=O) groups excluding carboxylic acids is 2. The number of halogens is 1. The quantitative estimate of drug-likeness (QED) is 0.774. The Bertz CT molecular complexity index is 654. The predicted molar refractivity (Wildman–Crippen MR) is 108 cm³/mol. The Kier molecular flexibility index (Phi) is 7.84. The van der Waals surface area contributed by atoms with Crippen molar-refractivity contribution in [2.24, 2.45) is 5.92 Å². The van der Waals surface area contributed by atoms with E-state index in [0.29, 0.717) is 11.6 Å². The fourth-order valence-corrected chi connectivity index (χ4v) is 3.88. The Morgan fingerprint density at radius 2 is 2.08 bits per heavy atom. The Morgan fingerprint density at radius 1 is 1.38 bits per heavy atom. The normalized spacial score (nSPS) is 16.9. The zero-order valence-electron chi connectivity index (χ0n) is 15.0. The number of anilines is 1. The van der Waals surface area contributed by atoms with Crippen molar-refractivity contribution in [1.82, 2.24) is 9.80 Å². The number of nitrogens with one attached hydrogen (secondary N) is 1. The molecule has 1 saturated heterocycles. The number of benzene rings is 1. The SMILES string of the molecule is C[C@@H]1CCCN(C(=S)SCC(=O)N(C)CC(=O)Nc2ccc(F)cc2)C1. The molecule has 1 aromatic carbocycles. The monoisotopic (exact) mass is 397 g/mol. The second-order valence-corrected chi connectivity index (χ2v) is 8.16. The lowest BCUT2D eigenvalue weighted by atomic mass is 10.0. The van der Waals surface area contributed by atoms with Crippen LogP contribution in [0, 0.1) is 11.7 Å². The van der Waals surface area contributed by atoms with Crippen molar-refractivity contribution in [3.8, 4) is 0 Å². The third-order valence-electron chi connectivity index (χ3n) is 4.17. The lowest BCUT2D eigenvalue weighted by molar-refractivity contribution is -0.131. The van der Waals surface area contributed by atoms with Crippen molar-refractivity contribution in [2.45, 2.75) is 19.8 Å². The molecule has 0 aliphatic carbocycles. The summed E-state index contributed by atoms with van der Waals surface area (Å²) in [6.07, 6.45) is 2.34. The molecule has 5 nitrogen and oxygen atoms in total. The standard InChI is InChI=1S/C18H24FN3O2S2/c1-13-4-3-9-22(10-13)18(25)26-12-17(24)21(2)11-16(23)20-15-7-5-14(19)6-8-15/h5-8,13H,3-4,9-12H2,1-2H3,(H,20,23)/t13-/m1/s1. The molecule has 1 fully saturated rings. The first-order valence-electron chi connectivity index (χ1n) is 8.56. The second kappa shape index (κ2) is 9.87. The highest BCUT2D eigenvalue weighted by Gasteiger charge is 2.20. The minimum Gasteiger partial charge on any atom is -0.357 e. The van der Waals surface area contributed by atoms with Crippen LogP contribution in [0.3, 0.4) is 0 Å². The molecular formula is C18H24FN3O2S2. The van der Waals surface area contributed by atoms with Gasteiger partial charge >= 0.3 is 0 Å². The van der Waals surface area contributed by atoms with Gasteiger partial charge in [0, 0.05) is 25.8 Å². The first-order valence-corrected chi connectivity index (χ1v) is 9.95. The molecule has 0 aromatic heterocycles. The lowest BCUT2D eigenvalue weighted by Crippen LogP contribution is -2.39. The third-order valence-corrected chi connectivity index (χ3v) is 5.68. The van der Waals surface area contributed by atoms with Crippen molar-refractivity contribution in [3.63, 3.8) is 0 Å². The number of thiocarbonyl (C=S) groups is 1. The maximum absolute atomic E-state index is 12.9. The molecule has 1 atom stereocenters. The van der Waals surface area contributed by atoms with Crippen LogP contribution in [0.2, 0.25) is 0 Å². The van der Waals surface area contributed by atoms with Crippen LogP contribution in [0.15, 0.2) is 24.3 Å². The smallest absolute Gasteiger partial charge is 0.243 e. The Balaban J connectivity index is 1.73. The van der Waals surface area contributed by atoms with Gasteiger partial charge in [-0.1, -0.05) is 30.9 Å². The van der Waals surface area contributed by atoms with E-state index < -0.39 is 0 Å². The van der Waals surface area contributed by atoms with Crippen LogP contribution in [-0.2, 0) is 9.59 Å². The molecule has 1 heterocycles. The number of carbonyl (C=O) groups is 2. The van der Waals surface area contributed by atoms with E-state index in [2.05, 4.69) is 17.1 Å². The maximum Gasteiger partial charge on any atom is 0.243 e. The van der Waals surface area contributed by atoms with E-state index >= 15 is 0 Å². The Hall–Kier alpha value is -1.67. The van der Waals surface area contributed by atoms with Crippen molar-refractivity contribution in [3.05, 3.63) is 30.1 Å². The van der Waals surface area contributed by atoms with Crippen LogP contribution >= 0.6 is 24.0 Å². The average molecular weight is 398 g/mol. The molecule has 0 unspecified atom stereocenters. The lowest BCUT2D eigenvalue weighted by Gasteiger charge is -2.32. The van der Waals surface area contributed by atoms with Gasteiger partial charge in [0.15, 0.2) is 0 Å². The third kappa shape index (κ3) is 6.57. The van der Waals surface area contributed by atoms with E-state index in [-0.39, 0.29) is 29.9 Å². The van der Waals surface area contributed by atoms with Crippen LogP contribution in [0.5, 0.6) is 0 Å². The number of rotatable bonds is 5. The first-order chi connectivity index (χ1) is 12.3. The maximum atomic E-state index is 12.9. The summed E-state index contributed by atoms with van der Waals surface area (Å²) >= 11 is 6.77. The van der Waals surface area contributed by atoms with E-state index in [1.807, 2.05) is 0 Å². The average Bonchev–Trinajstić information content (AvgIpc) is 2.61. The number of piperidine rings is 1. The number of hydrogen-bond acceptors (Lipinski definition) is 4. The predicted octanol–water partition coefficient (Wildman–Crippen LogP) is 2.97. The van der Waals surface area contributed by atoms with E-state index in [4.69, 9.17) is 12.2 Å². The summed E-state index contributed by atoms with van der Waals surface area (Å²) in [7, 11) is 1.58. The number of amides is 2. The first kappa shape index (κ1) is 20.6. The van der Waals surface area contributed by atoms with E-state index in [0.717, 1.165) is 23.8 Å². The largest absolute Gasteiger partial charge is 0.357 e. The number of thioether (sulfide) groups is 1. The minimum atomic E-state index is -0.369. The highest BCUT2D eigenvalue weighted by Crippen LogP contribution is 2.20. The molecule has 0 saturated carbocycles. The van der Waals surface area contributed by atoms with E-state index in [9.17, 15) is 14.0 Å². The summed E-state index contributed by atoms with van der Waals surface area (Å²) in [5, 5.41) is 2.64. The Labute approximate surface area is 163 Å². The van der Waals surface area contributed by atoms with Crippen molar-refractivity contribution in [2.75, 3.05) is 37.8 Å². The molecule has 2 amide bonds. The summed E-state index contributed by atoms with van der Waals surface area (Å²) in [5.41, 5.74) is 0.493. The molecule has 142 valence electrons. The topological polar surface area (TPSA) is 52.7 Å². The number of nitrogens with zero attached hydrogens (tertiary/aromatic N) is 2. The van der Waals surface area contributed by atoms with Gasteiger partial charge in [-0.25, -0.2) is 4.39 Å². The second-order valence-electron chi connectivity index (χ2n) is 6.55. The summed E-state index contributed by atoms with van der Waals surface area (Å²) in [6.45, 7) is 4.03. The molecule has 1 aromatic rings. The van der Waals surface area contributed by atoms with Gasteiger partial charge in [-0.2, -0.15) is 0 Å². The zero-order valence-corrected chi connectivity index (χ0v) is 16.7. The van der Waals surface area contributed by atoms with Gasteiger partial charge in [-0.3, -0.25) is 9.59 Å². The summed E-state index contributed by atoms with van der Waals surface area (Å²) in [5.74, 6) is -0.0203. The summed E-state index contributed by atoms with van der Waals surface area (Å²) in [6, 6.07) is 5.49. The van der Waals surface area contributed by atoms with Gasteiger partial charge in [0.25, 0.3) is 0 Å². The number of likely N-dealkylation sites (N-methyl/N-ethyl adjacent to an activating group) is 1. The van der Waals surface area contributed by atoms with Crippen molar-refractivity contribution >= 4 is 45.8 Å². The molecule has 8 heteroatoms. The summed E-state index contributed by atoms with van der Waals surface area (Å²) < 4.78 is 13.6. The van der Waals surface area contributed by atoms with Gasteiger partial charge < -0.3 is 15.1 Å². The van der Waals surface area contributed by atoms with Gasteiger partial charge in [-0.05, 0) is 43.0 Å². The van der Waals surface area contributed by atoms with E-state index in [1.165, 1.54) is 47.3 Å². The van der Waals surface area contributed by atoms with Crippen LogP contribution in [0.25, 0.3) is 0 Å². The van der Waals surface area contributed by atoms with Gasteiger partial charge in [0.1, 0.15) is 10.1 Å². The molecule has 0 spiro atoms. The Morgan fingerprint density at radius 3 is 2.73 bits per heavy atom. The molecule has 26 heavy (non-hydrogen) atoms. The number of hydrogen-bond donors (Lipinski definition) is 1. The van der Waals surface area contributed by atoms with Crippen LogP contribution < -0.4 is 5.32 Å². The molecule has 1 aliphatic heterocycles. The summed E-state index contributed by atoms with van der Waals surface area (Å²) in [4.78, 5) is 27.7. The highest BCUT2D eigenvalue weighted by atomic mass is 32.2. The van der Waals surface area contributed by atoms with Gasteiger partial charge in [0.2, 0.25) is 11.8 Å². The zero-order chi connectivity index (χ0) is 19.1. The van der Waals surface area contributed by atoms with Crippen molar-refractivity contribution in [1.29, 1.82) is 0 Å². The van der Waals surface area contributed by atoms with E-state index in [1.54, 1.807) is 7.05 Å². The molecule has 1 aliphatic rings. The fourth-order valence-electron chi connectivity index (χ4n) is 2.72. The minimum absolute atomic E-state index is 0.0652. The van der Waals surface area contributed by atoms with Gasteiger partial charge in [-0.15, -0.1) is 0 Å². The van der Waals surface area contributed by atoms with Crippen molar-refractivity contribution < 1.29 is 14.0 Å². The molecular weight excluding hydrogens is 373 g/mol. The molecule has 2 rings (SSSR count).